The van der Waals surface area contributed by atoms with Gasteiger partial charge in [-0.2, -0.15) is 0 Å². The van der Waals surface area contributed by atoms with E-state index < -0.39 is 0 Å². The fourth-order valence-electron chi connectivity index (χ4n) is 3.83. The van der Waals surface area contributed by atoms with Crippen LogP contribution < -0.4 is 11.1 Å². The van der Waals surface area contributed by atoms with Gasteiger partial charge < -0.3 is 15.8 Å². The van der Waals surface area contributed by atoms with Gasteiger partial charge in [-0.1, -0.05) is 39.5 Å². The van der Waals surface area contributed by atoms with Crippen molar-refractivity contribution in [2.45, 2.75) is 58.4 Å². The number of morpholine rings is 1. The maximum absolute atomic E-state index is 12.4. The Bertz CT molecular complexity index is 369. The molecule has 6 heteroatoms. The standard InChI is InChI=1S/C18H35N3O2.ClH/c1-3-15(2)16(19)17(22)20-13-18(7-5-4-6-8-18)14-21-9-11-23-12-10-21;/h15-16H,3-14,19H2,1-2H3,(H,20,22);1H. The van der Waals surface area contributed by atoms with Gasteiger partial charge in [0.2, 0.25) is 5.91 Å². The highest BCUT2D eigenvalue weighted by Gasteiger charge is 2.35. The van der Waals surface area contributed by atoms with Crippen molar-refractivity contribution in [2.24, 2.45) is 17.1 Å². The summed E-state index contributed by atoms with van der Waals surface area (Å²) >= 11 is 0. The molecule has 24 heavy (non-hydrogen) atoms. The Hall–Kier alpha value is -0.360. The van der Waals surface area contributed by atoms with Crippen LogP contribution in [0.2, 0.25) is 0 Å². The number of carbonyl (C=O) groups excluding carboxylic acids is 1. The monoisotopic (exact) mass is 361 g/mol. The molecule has 1 saturated carbocycles. The average Bonchev–Trinajstić information content (AvgIpc) is 2.60. The van der Waals surface area contributed by atoms with E-state index in [2.05, 4.69) is 17.1 Å². The smallest absolute Gasteiger partial charge is 0.237 e. The van der Waals surface area contributed by atoms with Gasteiger partial charge in [-0.25, -0.2) is 0 Å². The number of nitrogens with two attached hydrogens (primary N) is 1. The molecular formula is C18H36ClN3O2. The lowest BCUT2D eigenvalue weighted by atomic mass is 9.73. The molecule has 1 amide bonds. The largest absolute Gasteiger partial charge is 0.379 e. The third-order valence-corrected chi connectivity index (χ3v) is 5.77. The summed E-state index contributed by atoms with van der Waals surface area (Å²) in [6, 6.07) is -0.385. The second-order valence-corrected chi connectivity index (χ2v) is 7.58. The van der Waals surface area contributed by atoms with Crippen molar-refractivity contribution in [3.8, 4) is 0 Å². The molecule has 1 aliphatic heterocycles. The molecule has 2 atom stereocenters. The summed E-state index contributed by atoms with van der Waals surface area (Å²) in [5, 5.41) is 3.18. The first kappa shape index (κ1) is 21.7. The first-order chi connectivity index (χ1) is 11.1. The number of nitrogens with one attached hydrogen (secondary N) is 1. The maximum Gasteiger partial charge on any atom is 0.237 e. The van der Waals surface area contributed by atoms with Crippen molar-refractivity contribution in [3.05, 3.63) is 0 Å². The molecule has 0 radical (unpaired) electrons. The Morgan fingerprint density at radius 1 is 1.25 bits per heavy atom. The van der Waals surface area contributed by atoms with Crippen LogP contribution in [0.15, 0.2) is 0 Å². The van der Waals surface area contributed by atoms with Gasteiger partial charge in [-0.3, -0.25) is 9.69 Å². The van der Waals surface area contributed by atoms with E-state index in [9.17, 15) is 4.79 Å². The number of nitrogens with zero attached hydrogens (tertiary/aromatic N) is 1. The van der Waals surface area contributed by atoms with Crippen LogP contribution in [-0.4, -0.2) is 56.2 Å². The van der Waals surface area contributed by atoms with E-state index >= 15 is 0 Å². The highest BCUT2D eigenvalue weighted by atomic mass is 35.5. The molecule has 0 aromatic rings. The Morgan fingerprint density at radius 3 is 2.46 bits per heavy atom. The number of halogens is 1. The lowest BCUT2D eigenvalue weighted by Gasteiger charge is -2.42. The van der Waals surface area contributed by atoms with Crippen LogP contribution in [0.3, 0.4) is 0 Å². The fraction of sp³-hybridized carbons (Fsp3) is 0.944. The summed E-state index contributed by atoms with van der Waals surface area (Å²) in [6.07, 6.45) is 7.24. The lowest BCUT2D eigenvalue weighted by Crippen LogP contribution is -2.52. The molecule has 2 unspecified atom stereocenters. The quantitative estimate of drug-likeness (QED) is 0.729. The van der Waals surface area contributed by atoms with Crippen molar-refractivity contribution in [3.63, 3.8) is 0 Å². The minimum Gasteiger partial charge on any atom is -0.379 e. The third kappa shape index (κ3) is 6.17. The number of rotatable bonds is 7. The van der Waals surface area contributed by atoms with Crippen molar-refractivity contribution in [2.75, 3.05) is 39.4 Å². The Morgan fingerprint density at radius 2 is 1.88 bits per heavy atom. The summed E-state index contributed by atoms with van der Waals surface area (Å²) in [7, 11) is 0. The number of carbonyl (C=O) groups is 1. The van der Waals surface area contributed by atoms with Gasteiger partial charge in [0.25, 0.3) is 0 Å². The van der Waals surface area contributed by atoms with Crippen LogP contribution in [0.25, 0.3) is 0 Å². The van der Waals surface area contributed by atoms with E-state index in [0.717, 1.165) is 45.8 Å². The Balaban J connectivity index is 0.00000288. The molecule has 5 nitrogen and oxygen atoms in total. The van der Waals surface area contributed by atoms with E-state index in [0.29, 0.717) is 0 Å². The Labute approximate surface area is 153 Å². The van der Waals surface area contributed by atoms with Gasteiger partial charge >= 0.3 is 0 Å². The molecule has 1 heterocycles. The van der Waals surface area contributed by atoms with Crippen LogP contribution in [0.1, 0.15) is 52.4 Å². The van der Waals surface area contributed by atoms with E-state index in [1.165, 1.54) is 32.1 Å². The van der Waals surface area contributed by atoms with E-state index in [4.69, 9.17) is 10.5 Å². The van der Waals surface area contributed by atoms with E-state index in [1.807, 2.05) is 6.92 Å². The number of hydrogen-bond donors (Lipinski definition) is 2. The van der Waals surface area contributed by atoms with Gasteiger partial charge in [-0.15, -0.1) is 12.4 Å². The SMILES string of the molecule is CCC(C)C(N)C(=O)NCC1(CN2CCOCC2)CCCCC1.Cl. The van der Waals surface area contributed by atoms with Crippen molar-refractivity contribution >= 4 is 18.3 Å². The van der Waals surface area contributed by atoms with Crippen molar-refractivity contribution in [1.29, 1.82) is 0 Å². The molecule has 1 saturated heterocycles. The van der Waals surface area contributed by atoms with Gasteiger partial charge in [0, 0.05) is 31.6 Å². The highest BCUT2D eigenvalue weighted by Crippen LogP contribution is 2.36. The summed E-state index contributed by atoms with van der Waals surface area (Å²) < 4.78 is 5.46. The molecular weight excluding hydrogens is 326 g/mol. The zero-order chi connectivity index (χ0) is 16.7. The van der Waals surface area contributed by atoms with Gasteiger partial charge in [0.15, 0.2) is 0 Å². The zero-order valence-electron chi connectivity index (χ0n) is 15.4. The van der Waals surface area contributed by atoms with Crippen molar-refractivity contribution < 1.29 is 9.53 Å². The number of hydrogen-bond acceptors (Lipinski definition) is 4. The summed E-state index contributed by atoms with van der Waals surface area (Å²) in [6.45, 7) is 9.68. The number of amides is 1. The molecule has 2 aliphatic rings. The predicted octanol–water partition coefficient (Wildman–Crippen LogP) is 2.18. The van der Waals surface area contributed by atoms with Gasteiger partial charge in [-0.05, 0) is 18.8 Å². The zero-order valence-corrected chi connectivity index (χ0v) is 16.2. The maximum atomic E-state index is 12.4. The third-order valence-electron chi connectivity index (χ3n) is 5.77. The van der Waals surface area contributed by atoms with E-state index in [-0.39, 0.29) is 35.7 Å². The number of ether oxygens (including phenoxy) is 1. The van der Waals surface area contributed by atoms with Crippen molar-refractivity contribution in [1.82, 2.24) is 10.2 Å². The molecule has 142 valence electrons. The molecule has 1 aliphatic carbocycles. The first-order valence-corrected chi connectivity index (χ1v) is 9.40. The Kier molecular flexibility index (Phi) is 9.57. The first-order valence-electron chi connectivity index (χ1n) is 9.40. The second kappa shape index (κ2) is 10.6. The summed E-state index contributed by atoms with van der Waals surface area (Å²) in [5.41, 5.74) is 6.30. The molecule has 0 bridgehead atoms. The topological polar surface area (TPSA) is 67.6 Å². The predicted molar refractivity (Wildman–Crippen MR) is 100 cm³/mol. The molecule has 0 aromatic carbocycles. The minimum absolute atomic E-state index is 0. The lowest BCUT2D eigenvalue weighted by molar-refractivity contribution is -0.124. The van der Waals surface area contributed by atoms with Crippen LogP contribution in [-0.2, 0) is 9.53 Å². The van der Waals surface area contributed by atoms with Crippen LogP contribution >= 0.6 is 12.4 Å². The van der Waals surface area contributed by atoms with E-state index in [1.54, 1.807) is 0 Å². The summed E-state index contributed by atoms with van der Waals surface area (Å²) in [5.74, 6) is 0.253. The molecule has 2 rings (SSSR count). The second-order valence-electron chi connectivity index (χ2n) is 7.58. The normalized spacial score (nSPS) is 23.8. The minimum atomic E-state index is -0.385. The fourth-order valence-corrected chi connectivity index (χ4v) is 3.83. The summed E-state index contributed by atoms with van der Waals surface area (Å²) in [4.78, 5) is 14.9. The van der Waals surface area contributed by atoms with Crippen LogP contribution in [0.5, 0.6) is 0 Å². The molecule has 3 N–H and O–H groups in total. The van der Waals surface area contributed by atoms with Crippen LogP contribution in [0, 0.1) is 11.3 Å². The van der Waals surface area contributed by atoms with Gasteiger partial charge in [0.1, 0.15) is 0 Å². The molecule has 0 spiro atoms. The average molecular weight is 362 g/mol. The highest BCUT2D eigenvalue weighted by molar-refractivity contribution is 5.85. The van der Waals surface area contributed by atoms with Gasteiger partial charge in [0.05, 0.1) is 19.3 Å². The molecule has 0 aromatic heterocycles. The van der Waals surface area contributed by atoms with Crippen LogP contribution in [0.4, 0.5) is 0 Å². The molecule has 2 fully saturated rings.